The molecule has 2 unspecified atom stereocenters. The van der Waals surface area contributed by atoms with E-state index in [1.54, 1.807) is 0 Å². The highest BCUT2D eigenvalue weighted by Gasteiger charge is 2.36. The van der Waals surface area contributed by atoms with Crippen molar-refractivity contribution in [1.82, 2.24) is 10.1 Å². The molecular weight excluding hydrogens is 166 g/mol. The molecule has 4 heteroatoms. The third-order valence-corrected chi connectivity index (χ3v) is 2.84. The van der Waals surface area contributed by atoms with Gasteiger partial charge in [-0.1, -0.05) is 24.9 Å². The lowest BCUT2D eigenvalue weighted by Gasteiger charge is -2.33. The number of hydrogen-bond acceptors (Lipinski definition) is 4. The van der Waals surface area contributed by atoms with Crippen molar-refractivity contribution in [2.75, 3.05) is 0 Å². The largest absolute Gasteiger partial charge is 0.343 e. The number of nitrogens with two attached hydrogens (primary N) is 1. The van der Waals surface area contributed by atoms with E-state index in [0.29, 0.717) is 11.7 Å². The first-order chi connectivity index (χ1) is 6.21. The van der Waals surface area contributed by atoms with Gasteiger partial charge in [-0.15, -0.1) is 0 Å². The Morgan fingerprint density at radius 1 is 1.69 bits per heavy atom. The molecule has 0 aromatic carbocycles. The molecule has 13 heavy (non-hydrogen) atoms. The molecule has 72 valence electrons. The Morgan fingerprint density at radius 3 is 3.15 bits per heavy atom. The van der Waals surface area contributed by atoms with Crippen molar-refractivity contribution in [2.24, 2.45) is 11.7 Å². The molecule has 0 spiro atoms. The molecule has 0 bridgehead atoms. The lowest BCUT2D eigenvalue weighted by atomic mass is 9.76. The molecule has 4 nitrogen and oxygen atoms in total. The van der Waals surface area contributed by atoms with E-state index in [0.717, 1.165) is 19.3 Å². The molecule has 0 saturated heterocycles. The van der Waals surface area contributed by atoms with E-state index in [-0.39, 0.29) is 5.54 Å². The predicted octanol–water partition coefficient (Wildman–Crippen LogP) is 1.43. The summed E-state index contributed by atoms with van der Waals surface area (Å²) in [6.07, 6.45) is 5.70. The van der Waals surface area contributed by atoms with E-state index in [2.05, 4.69) is 17.1 Å². The summed E-state index contributed by atoms with van der Waals surface area (Å²) in [5.41, 5.74) is 5.89. The lowest BCUT2D eigenvalue weighted by Crippen LogP contribution is -2.41. The second-order valence-electron chi connectivity index (χ2n) is 4.11. The van der Waals surface area contributed by atoms with Gasteiger partial charge in [0.05, 0.1) is 5.54 Å². The van der Waals surface area contributed by atoms with Gasteiger partial charge in [-0.3, -0.25) is 0 Å². The van der Waals surface area contributed by atoms with Crippen LogP contribution in [0, 0.1) is 5.92 Å². The summed E-state index contributed by atoms with van der Waals surface area (Å²) in [6.45, 7) is 2.22. The molecule has 0 radical (unpaired) electrons. The van der Waals surface area contributed by atoms with Gasteiger partial charge in [0.25, 0.3) is 0 Å². The molecule has 1 aromatic heterocycles. The number of hydrogen-bond donors (Lipinski definition) is 1. The zero-order chi connectivity index (χ0) is 9.31. The van der Waals surface area contributed by atoms with Gasteiger partial charge in [0, 0.05) is 0 Å². The fourth-order valence-corrected chi connectivity index (χ4v) is 2.19. The van der Waals surface area contributed by atoms with Crippen LogP contribution < -0.4 is 5.73 Å². The van der Waals surface area contributed by atoms with Gasteiger partial charge in [0.15, 0.2) is 5.82 Å². The Hall–Kier alpha value is -0.900. The second-order valence-corrected chi connectivity index (χ2v) is 4.11. The summed E-state index contributed by atoms with van der Waals surface area (Å²) in [6, 6.07) is 0. The zero-order valence-corrected chi connectivity index (χ0v) is 7.86. The fourth-order valence-electron chi connectivity index (χ4n) is 2.19. The van der Waals surface area contributed by atoms with Crippen LogP contribution in [0.15, 0.2) is 10.9 Å². The van der Waals surface area contributed by atoms with Crippen LogP contribution in [0.1, 0.15) is 38.4 Å². The molecule has 2 atom stereocenters. The van der Waals surface area contributed by atoms with Gasteiger partial charge in [-0.05, 0) is 18.8 Å². The number of rotatable bonds is 1. The van der Waals surface area contributed by atoms with Gasteiger partial charge in [-0.2, -0.15) is 4.98 Å². The molecule has 1 saturated carbocycles. The normalized spacial score (nSPS) is 34.8. The fraction of sp³-hybridized carbons (Fsp3) is 0.778. The molecule has 0 amide bonds. The quantitative estimate of drug-likeness (QED) is 0.711. The summed E-state index contributed by atoms with van der Waals surface area (Å²) in [5.74, 6) is 1.33. The minimum atomic E-state index is -0.343. The smallest absolute Gasteiger partial charge is 0.213 e. The Morgan fingerprint density at radius 2 is 2.54 bits per heavy atom. The Kier molecular flexibility index (Phi) is 2.07. The Balaban J connectivity index is 2.20. The molecule has 2 N–H and O–H groups in total. The lowest BCUT2D eigenvalue weighted by molar-refractivity contribution is 0.222. The number of nitrogens with zero attached hydrogens (tertiary/aromatic N) is 2. The van der Waals surface area contributed by atoms with Crippen molar-refractivity contribution in [3.05, 3.63) is 12.2 Å². The highest BCUT2D eigenvalue weighted by molar-refractivity contribution is 5.04. The van der Waals surface area contributed by atoms with Gasteiger partial charge in [0.2, 0.25) is 6.39 Å². The third kappa shape index (κ3) is 1.58. The van der Waals surface area contributed by atoms with Crippen molar-refractivity contribution >= 4 is 0 Å². The molecular formula is C9H15N3O. The maximum Gasteiger partial charge on any atom is 0.213 e. The summed E-state index contributed by atoms with van der Waals surface area (Å²) in [4.78, 5) is 4.04. The summed E-state index contributed by atoms with van der Waals surface area (Å²) in [7, 11) is 0. The van der Waals surface area contributed by atoms with Crippen LogP contribution in [-0.2, 0) is 5.54 Å². The van der Waals surface area contributed by atoms with Gasteiger partial charge in [0.1, 0.15) is 0 Å². The van der Waals surface area contributed by atoms with Gasteiger partial charge in [-0.25, -0.2) is 0 Å². The molecule has 1 heterocycles. The Bertz CT molecular complexity index is 272. The summed E-state index contributed by atoms with van der Waals surface area (Å²) in [5, 5.41) is 3.84. The molecule has 2 rings (SSSR count). The summed E-state index contributed by atoms with van der Waals surface area (Å²) < 4.78 is 4.73. The van der Waals surface area contributed by atoms with E-state index >= 15 is 0 Å². The molecule has 1 aliphatic carbocycles. The van der Waals surface area contributed by atoms with Crippen LogP contribution in [-0.4, -0.2) is 10.1 Å². The van der Waals surface area contributed by atoms with E-state index in [1.165, 1.54) is 12.8 Å². The first-order valence-electron chi connectivity index (χ1n) is 4.76. The first kappa shape index (κ1) is 8.69. The van der Waals surface area contributed by atoms with Crippen LogP contribution in [0.25, 0.3) is 0 Å². The van der Waals surface area contributed by atoms with Crippen LogP contribution in [0.3, 0.4) is 0 Å². The van der Waals surface area contributed by atoms with E-state index in [1.807, 2.05) is 0 Å². The highest BCUT2D eigenvalue weighted by Crippen LogP contribution is 2.35. The standard InChI is InChI=1S/C9H15N3O/c1-7-3-2-4-9(10,5-7)8-11-6-13-12-8/h6-7H,2-5,10H2,1H3. The average molecular weight is 181 g/mol. The van der Waals surface area contributed by atoms with Crippen molar-refractivity contribution in [2.45, 2.75) is 38.1 Å². The molecule has 0 aliphatic heterocycles. The molecule has 1 aliphatic rings. The predicted molar refractivity (Wildman–Crippen MR) is 47.8 cm³/mol. The SMILES string of the molecule is CC1CCCC(N)(c2ncon2)C1. The van der Waals surface area contributed by atoms with Gasteiger partial charge >= 0.3 is 0 Å². The van der Waals surface area contributed by atoms with Crippen LogP contribution in [0.5, 0.6) is 0 Å². The maximum absolute atomic E-state index is 6.23. The minimum Gasteiger partial charge on any atom is -0.343 e. The number of aromatic nitrogens is 2. The molecule has 1 aromatic rings. The highest BCUT2D eigenvalue weighted by atomic mass is 16.5. The minimum absolute atomic E-state index is 0.343. The van der Waals surface area contributed by atoms with Gasteiger partial charge < -0.3 is 10.3 Å². The topological polar surface area (TPSA) is 64.9 Å². The monoisotopic (exact) mass is 181 g/mol. The molecule has 1 fully saturated rings. The van der Waals surface area contributed by atoms with Crippen molar-refractivity contribution in [3.8, 4) is 0 Å². The Labute approximate surface area is 77.5 Å². The third-order valence-electron chi connectivity index (χ3n) is 2.84. The van der Waals surface area contributed by atoms with Crippen LogP contribution in [0.4, 0.5) is 0 Å². The second kappa shape index (κ2) is 3.10. The van der Waals surface area contributed by atoms with E-state index in [9.17, 15) is 0 Å². The maximum atomic E-state index is 6.23. The zero-order valence-electron chi connectivity index (χ0n) is 7.86. The van der Waals surface area contributed by atoms with E-state index < -0.39 is 0 Å². The summed E-state index contributed by atoms with van der Waals surface area (Å²) >= 11 is 0. The van der Waals surface area contributed by atoms with Crippen molar-refractivity contribution in [1.29, 1.82) is 0 Å². The van der Waals surface area contributed by atoms with Crippen LogP contribution in [0.2, 0.25) is 0 Å². The van der Waals surface area contributed by atoms with E-state index in [4.69, 9.17) is 10.3 Å². The first-order valence-corrected chi connectivity index (χ1v) is 4.76. The average Bonchev–Trinajstić information content (AvgIpc) is 2.55. The van der Waals surface area contributed by atoms with Crippen molar-refractivity contribution < 1.29 is 4.52 Å². The van der Waals surface area contributed by atoms with Crippen LogP contribution >= 0.6 is 0 Å². The van der Waals surface area contributed by atoms with Crippen molar-refractivity contribution in [3.63, 3.8) is 0 Å².